The van der Waals surface area contributed by atoms with Crippen LogP contribution in [0.1, 0.15) is 25.8 Å². The van der Waals surface area contributed by atoms with E-state index in [-0.39, 0.29) is 0 Å². The summed E-state index contributed by atoms with van der Waals surface area (Å²) in [6.45, 7) is 8.95. The number of ether oxygens (including phenoxy) is 1. The second-order valence-corrected chi connectivity index (χ2v) is 7.74. The molecule has 35 heavy (non-hydrogen) atoms. The van der Waals surface area contributed by atoms with E-state index in [1.165, 1.54) is 5.56 Å². The van der Waals surface area contributed by atoms with Crippen molar-refractivity contribution in [2.75, 3.05) is 6.61 Å². The Bertz CT molecular complexity index is 1290. The molecule has 0 radical (unpaired) electrons. The number of hydrogen-bond acceptors (Lipinski definition) is 5. The normalized spacial score (nSPS) is 11.5. The third-order valence-corrected chi connectivity index (χ3v) is 4.65. The average molecular weight is 480 g/mol. The second-order valence-electron chi connectivity index (χ2n) is 7.74. The summed E-state index contributed by atoms with van der Waals surface area (Å²) < 4.78 is 5.07. The van der Waals surface area contributed by atoms with E-state index < -0.39 is 18.0 Å². The van der Waals surface area contributed by atoms with E-state index in [0.29, 0.717) is 36.6 Å². The summed E-state index contributed by atoms with van der Waals surface area (Å²) in [5, 5.41) is 21.9. The highest BCUT2D eigenvalue weighted by atomic mass is 16.5. The summed E-state index contributed by atoms with van der Waals surface area (Å²) in [4.78, 5) is 38.5. The van der Waals surface area contributed by atoms with Crippen LogP contribution in [0.2, 0.25) is 0 Å². The molecule has 0 aliphatic heterocycles. The molecule has 4 N–H and O–H groups in total. The van der Waals surface area contributed by atoms with Crippen LogP contribution < -0.4 is 10.7 Å². The molecule has 1 heterocycles. The molecule has 9 nitrogen and oxygen atoms in total. The van der Waals surface area contributed by atoms with Crippen LogP contribution >= 0.6 is 0 Å². The molecular weight excluding hydrogens is 450 g/mol. The number of aliphatic carboxylic acids is 2. The number of para-hydroxylation sites is 1. The first-order valence-electron chi connectivity index (χ1n) is 10.9. The first-order chi connectivity index (χ1) is 16.7. The molecule has 0 saturated carbocycles. The number of carbonyl (C=O) groups is 3. The first-order valence-corrected chi connectivity index (χ1v) is 10.9. The Kier molecular flexibility index (Phi) is 10.4. The number of benzene rings is 1. The van der Waals surface area contributed by atoms with Gasteiger partial charge in [-0.2, -0.15) is 4.99 Å². The largest absolute Gasteiger partial charge is 0.478 e. The monoisotopic (exact) mass is 479 g/mol. The van der Waals surface area contributed by atoms with Crippen LogP contribution in [-0.4, -0.2) is 45.9 Å². The van der Waals surface area contributed by atoms with Gasteiger partial charge in [0.1, 0.15) is 0 Å². The number of H-pyrrole nitrogens is 1. The van der Waals surface area contributed by atoms with Gasteiger partial charge >= 0.3 is 18.0 Å². The Morgan fingerprint density at radius 3 is 2.37 bits per heavy atom. The second kappa shape index (κ2) is 13.5. The van der Waals surface area contributed by atoms with Gasteiger partial charge in [-0.1, -0.05) is 50.3 Å². The van der Waals surface area contributed by atoms with Crippen molar-refractivity contribution in [1.29, 1.82) is 0 Å². The minimum Gasteiger partial charge on any atom is -0.478 e. The van der Waals surface area contributed by atoms with Crippen LogP contribution in [0, 0.1) is 0 Å². The fourth-order valence-corrected chi connectivity index (χ4v) is 3.09. The third kappa shape index (κ3) is 8.90. The minimum absolute atomic E-state index is 0.290. The van der Waals surface area contributed by atoms with Crippen LogP contribution in [0.15, 0.2) is 72.3 Å². The van der Waals surface area contributed by atoms with Crippen LogP contribution in [0.4, 0.5) is 4.79 Å². The fraction of sp³-hybridized carbons (Fsp3) is 0.231. The molecule has 0 unspecified atom stereocenters. The van der Waals surface area contributed by atoms with Crippen molar-refractivity contribution >= 4 is 39.8 Å². The highest BCUT2D eigenvalue weighted by Crippen LogP contribution is 2.26. The standard InChI is InChI=1S/C22H25N3O2.C4H4O4/c1-4-5-12-27-22(26)24-17-9-7-10-18-19-11-6-8-16(14-23-15(2)3)21(19)25-20(18)13-17;5-3(6)1-2-4(7)8/h4,6-11,13,15,23,25H,1,5,12,14H2,2-3H3;1-2H,(H,5,6)(H,7,8)/b;2-1-. The van der Waals surface area contributed by atoms with Gasteiger partial charge in [0.2, 0.25) is 0 Å². The molecule has 0 aliphatic rings. The highest BCUT2D eigenvalue weighted by Gasteiger charge is 2.08. The molecule has 0 bridgehead atoms. The molecule has 3 aromatic rings. The van der Waals surface area contributed by atoms with Crippen molar-refractivity contribution in [2.24, 2.45) is 4.99 Å². The highest BCUT2D eigenvalue weighted by molar-refractivity contribution is 6.07. The van der Waals surface area contributed by atoms with Crippen molar-refractivity contribution in [2.45, 2.75) is 32.9 Å². The number of rotatable bonds is 8. The van der Waals surface area contributed by atoms with Crippen molar-refractivity contribution in [3.05, 3.63) is 78.2 Å². The third-order valence-electron chi connectivity index (χ3n) is 4.65. The predicted octanol–water partition coefficient (Wildman–Crippen LogP) is 4.14. The van der Waals surface area contributed by atoms with Gasteiger partial charge in [-0.3, -0.25) is 0 Å². The lowest BCUT2D eigenvalue weighted by molar-refractivity contribution is -0.134. The SMILES string of the molecule is C=CCCOC(=O)N=c1cccc2c(c1)[nH]c1c(CNC(C)C)cccc12.O=C(O)/C=C\C(=O)O. The number of carboxylic acid groups (broad SMARTS) is 2. The van der Waals surface area contributed by atoms with Crippen molar-refractivity contribution in [1.82, 2.24) is 10.3 Å². The van der Waals surface area contributed by atoms with E-state index in [4.69, 9.17) is 14.9 Å². The summed E-state index contributed by atoms with van der Waals surface area (Å²) in [7, 11) is 0. The van der Waals surface area contributed by atoms with Gasteiger partial charge in [0.15, 0.2) is 0 Å². The molecular formula is C26H29N3O6. The van der Waals surface area contributed by atoms with Crippen molar-refractivity contribution in [3.8, 4) is 0 Å². The van der Waals surface area contributed by atoms with Crippen LogP contribution in [-0.2, 0) is 20.9 Å². The van der Waals surface area contributed by atoms with E-state index in [2.05, 4.69) is 53.9 Å². The van der Waals surface area contributed by atoms with Gasteiger partial charge in [0, 0.05) is 41.0 Å². The van der Waals surface area contributed by atoms with Crippen LogP contribution in [0.3, 0.4) is 0 Å². The van der Waals surface area contributed by atoms with Gasteiger partial charge in [-0.15, -0.1) is 6.58 Å². The van der Waals surface area contributed by atoms with Gasteiger partial charge in [-0.25, -0.2) is 14.4 Å². The summed E-state index contributed by atoms with van der Waals surface area (Å²) >= 11 is 0. The molecule has 0 spiro atoms. The maximum Gasteiger partial charge on any atom is 0.434 e. The first kappa shape index (κ1) is 27.0. The lowest BCUT2D eigenvalue weighted by atomic mass is 10.1. The smallest absolute Gasteiger partial charge is 0.434 e. The van der Waals surface area contributed by atoms with Crippen LogP contribution in [0.25, 0.3) is 21.8 Å². The fourth-order valence-electron chi connectivity index (χ4n) is 3.09. The molecule has 1 amide bonds. The Labute approximate surface area is 202 Å². The topological polar surface area (TPSA) is 141 Å². The zero-order valence-corrected chi connectivity index (χ0v) is 19.7. The number of aromatic amines is 1. The summed E-state index contributed by atoms with van der Waals surface area (Å²) in [6, 6.07) is 14.3. The lowest BCUT2D eigenvalue weighted by Gasteiger charge is -2.08. The zero-order valence-electron chi connectivity index (χ0n) is 19.7. The number of amides is 1. The Hall–Kier alpha value is -4.24. The van der Waals surface area contributed by atoms with Gasteiger partial charge in [0.05, 0.1) is 17.5 Å². The number of nitrogens with zero attached hydrogens (tertiary/aromatic N) is 1. The molecule has 9 heteroatoms. The quantitative estimate of drug-likeness (QED) is 0.216. The maximum atomic E-state index is 11.9. The number of nitrogens with one attached hydrogen (secondary N) is 2. The summed E-state index contributed by atoms with van der Waals surface area (Å²) in [6.07, 6.45) is 2.85. The van der Waals surface area contributed by atoms with E-state index in [9.17, 15) is 14.4 Å². The van der Waals surface area contributed by atoms with E-state index in [0.717, 1.165) is 28.4 Å². The van der Waals surface area contributed by atoms with Gasteiger partial charge in [0.25, 0.3) is 0 Å². The molecule has 0 saturated heterocycles. The number of fused-ring (bicyclic) bond motifs is 3. The predicted molar refractivity (Wildman–Crippen MR) is 134 cm³/mol. The van der Waals surface area contributed by atoms with E-state index >= 15 is 0 Å². The Morgan fingerprint density at radius 2 is 1.74 bits per heavy atom. The summed E-state index contributed by atoms with van der Waals surface area (Å²) in [5.74, 6) is -2.51. The molecule has 0 fully saturated rings. The van der Waals surface area contributed by atoms with Crippen molar-refractivity contribution < 1.29 is 29.3 Å². The van der Waals surface area contributed by atoms with Gasteiger partial charge in [-0.05, 0) is 24.1 Å². The lowest BCUT2D eigenvalue weighted by Crippen LogP contribution is -2.21. The van der Waals surface area contributed by atoms with E-state index in [1.54, 1.807) is 12.1 Å². The number of carbonyl (C=O) groups excluding carboxylic acids is 1. The summed E-state index contributed by atoms with van der Waals surface area (Å²) in [5.41, 5.74) is 3.25. The van der Waals surface area contributed by atoms with E-state index in [1.807, 2.05) is 18.2 Å². The zero-order chi connectivity index (χ0) is 25.8. The Morgan fingerprint density at radius 1 is 1.09 bits per heavy atom. The Balaban J connectivity index is 0.000000466. The average Bonchev–Trinajstić information content (AvgIpc) is 3.02. The van der Waals surface area contributed by atoms with Crippen LogP contribution in [0.5, 0.6) is 0 Å². The molecule has 3 rings (SSSR count). The van der Waals surface area contributed by atoms with Crippen molar-refractivity contribution in [3.63, 3.8) is 0 Å². The molecule has 2 aromatic carbocycles. The molecule has 1 aromatic heterocycles. The maximum absolute atomic E-state index is 11.9. The van der Waals surface area contributed by atoms with Gasteiger partial charge < -0.3 is 25.3 Å². The molecule has 0 atom stereocenters. The number of hydrogen-bond donors (Lipinski definition) is 4. The molecule has 184 valence electrons. The number of carboxylic acids is 2. The molecule has 0 aliphatic carbocycles. The minimum atomic E-state index is -1.26. The number of aromatic nitrogens is 1.